The molecule has 60 heavy (non-hydrogen) atoms. The van der Waals surface area contributed by atoms with E-state index >= 15 is 0 Å². The van der Waals surface area contributed by atoms with E-state index in [2.05, 4.69) is 78.5 Å². The van der Waals surface area contributed by atoms with E-state index in [-0.39, 0.29) is 54.1 Å². The minimum atomic E-state index is -0.875. The second-order valence-electron chi connectivity index (χ2n) is 18.1. The van der Waals surface area contributed by atoms with Gasteiger partial charge in [0.2, 0.25) is 23.6 Å². The lowest BCUT2D eigenvalue weighted by Gasteiger charge is -2.47. The maximum atomic E-state index is 14.4. The molecule has 4 heterocycles. The molecule has 0 aliphatic carbocycles. The van der Waals surface area contributed by atoms with Gasteiger partial charge >= 0.3 is 5.69 Å². The van der Waals surface area contributed by atoms with Gasteiger partial charge < -0.3 is 10.2 Å². The SMILES string of the molecule is CC(C)SC[C@H](C(C)C)N1CC(c2cccc(Cl)c2)CC(C)(CC(=O)Nc2ccc(CN3CCC(c4ccc5c(c4)n(C)c(=O)n5C4CCC(=O)NC4=O)CC3)cc2)C1=O. The van der Waals surface area contributed by atoms with Gasteiger partial charge in [-0.25, -0.2) is 4.79 Å². The Morgan fingerprint density at radius 1 is 0.917 bits per heavy atom. The number of carbonyl (C=O) groups is 4. The van der Waals surface area contributed by atoms with Crippen LogP contribution in [0.2, 0.25) is 5.02 Å². The molecular weight excluding hydrogens is 796 g/mol. The molecule has 11 nitrogen and oxygen atoms in total. The van der Waals surface area contributed by atoms with Crippen LogP contribution in [-0.2, 0) is 32.8 Å². The van der Waals surface area contributed by atoms with Crippen molar-refractivity contribution in [2.24, 2.45) is 18.4 Å². The molecule has 3 aliphatic rings. The van der Waals surface area contributed by atoms with E-state index in [0.717, 1.165) is 54.9 Å². The summed E-state index contributed by atoms with van der Waals surface area (Å²) in [6.45, 7) is 13.9. The number of imidazole rings is 1. The number of thioether (sulfide) groups is 1. The Balaban J connectivity index is 0.961. The van der Waals surface area contributed by atoms with Crippen LogP contribution in [0, 0.1) is 11.3 Å². The summed E-state index contributed by atoms with van der Waals surface area (Å²) in [5, 5.41) is 6.60. The first-order chi connectivity index (χ1) is 28.6. The fourth-order valence-corrected chi connectivity index (χ4v) is 10.9. The lowest BCUT2D eigenvalue weighted by molar-refractivity contribution is -0.152. The monoisotopic (exact) mass is 854 g/mol. The number of fused-ring (bicyclic) bond motifs is 1. The van der Waals surface area contributed by atoms with Crippen LogP contribution >= 0.6 is 23.4 Å². The molecule has 0 radical (unpaired) electrons. The zero-order valence-electron chi connectivity index (χ0n) is 35.7. The van der Waals surface area contributed by atoms with E-state index in [1.165, 1.54) is 10.1 Å². The number of hydrogen-bond acceptors (Lipinski definition) is 7. The Kier molecular flexibility index (Phi) is 13.3. The fourth-order valence-electron chi connectivity index (χ4n) is 9.51. The number of nitrogens with zero attached hydrogens (tertiary/aromatic N) is 4. The van der Waals surface area contributed by atoms with Crippen LogP contribution in [0.15, 0.2) is 71.5 Å². The second-order valence-corrected chi connectivity index (χ2v) is 20.1. The molecule has 0 spiro atoms. The highest BCUT2D eigenvalue weighted by Gasteiger charge is 2.48. The molecule has 13 heteroatoms. The molecule has 0 saturated carbocycles. The van der Waals surface area contributed by atoms with Gasteiger partial charge in [0.25, 0.3) is 0 Å². The number of likely N-dealkylation sites (tertiary alicyclic amines) is 2. The van der Waals surface area contributed by atoms with Gasteiger partial charge in [0, 0.05) is 61.4 Å². The fraction of sp³-hybridized carbons (Fsp3) is 0.511. The summed E-state index contributed by atoms with van der Waals surface area (Å²) in [4.78, 5) is 70.3. The molecule has 3 fully saturated rings. The maximum absolute atomic E-state index is 14.4. The summed E-state index contributed by atoms with van der Waals surface area (Å²) in [6, 6.07) is 21.4. The van der Waals surface area contributed by atoms with Gasteiger partial charge in [0.1, 0.15) is 6.04 Å². The van der Waals surface area contributed by atoms with Crippen LogP contribution < -0.4 is 16.3 Å². The smallest absolute Gasteiger partial charge is 0.329 e. The number of anilines is 1. The quantitative estimate of drug-likeness (QED) is 0.131. The van der Waals surface area contributed by atoms with Crippen LogP contribution in [0.25, 0.3) is 11.0 Å². The van der Waals surface area contributed by atoms with Crippen LogP contribution in [0.1, 0.15) is 108 Å². The molecular formula is C47H59ClN6O5S. The zero-order chi connectivity index (χ0) is 42.9. The first-order valence-corrected chi connectivity index (χ1v) is 22.9. The van der Waals surface area contributed by atoms with Crippen LogP contribution in [0.5, 0.6) is 0 Å². The highest BCUT2D eigenvalue weighted by molar-refractivity contribution is 7.99. The Bertz CT molecular complexity index is 2300. The van der Waals surface area contributed by atoms with Crippen LogP contribution in [0.3, 0.4) is 0 Å². The Morgan fingerprint density at radius 3 is 2.30 bits per heavy atom. The minimum absolute atomic E-state index is 0.0492. The molecule has 7 rings (SSSR count). The number of halogens is 1. The van der Waals surface area contributed by atoms with Gasteiger partial charge in [-0.1, -0.05) is 76.6 Å². The van der Waals surface area contributed by atoms with Crippen molar-refractivity contribution < 1.29 is 19.2 Å². The Labute approximate surface area is 362 Å². The minimum Gasteiger partial charge on any atom is -0.338 e. The van der Waals surface area contributed by atoms with Gasteiger partial charge in [-0.3, -0.25) is 38.5 Å². The summed E-state index contributed by atoms with van der Waals surface area (Å²) in [5.41, 5.74) is 4.51. The third-order valence-electron chi connectivity index (χ3n) is 12.9. The van der Waals surface area contributed by atoms with Gasteiger partial charge in [0.15, 0.2) is 0 Å². The van der Waals surface area contributed by atoms with Gasteiger partial charge in [-0.2, -0.15) is 11.8 Å². The third-order valence-corrected chi connectivity index (χ3v) is 14.3. The molecule has 3 aliphatic heterocycles. The van der Waals surface area contributed by atoms with Crippen molar-refractivity contribution in [3.63, 3.8) is 0 Å². The summed E-state index contributed by atoms with van der Waals surface area (Å²) >= 11 is 8.31. The lowest BCUT2D eigenvalue weighted by atomic mass is 9.71. The summed E-state index contributed by atoms with van der Waals surface area (Å²) in [6.07, 6.45) is 3.13. The van der Waals surface area contributed by atoms with Crippen molar-refractivity contribution in [1.29, 1.82) is 0 Å². The second kappa shape index (κ2) is 18.3. The Morgan fingerprint density at radius 2 is 1.63 bits per heavy atom. The maximum Gasteiger partial charge on any atom is 0.329 e. The number of nitrogens with one attached hydrogen (secondary N) is 2. The summed E-state index contributed by atoms with van der Waals surface area (Å²) in [5.74, 6) is 0.667. The summed E-state index contributed by atoms with van der Waals surface area (Å²) < 4.78 is 3.13. The number of carbonyl (C=O) groups excluding carboxylic acids is 4. The van der Waals surface area contributed by atoms with E-state index in [9.17, 15) is 24.0 Å². The van der Waals surface area contributed by atoms with E-state index in [0.29, 0.717) is 46.8 Å². The third kappa shape index (κ3) is 9.56. The molecule has 4 amide bonds. The summed E-state index contributed by atoms with van der Waals surface area (Å²) in [7, 11) is 1.73. The van der Waals surface area contributed by atoms with Crippen molar-refractivity contribution in [3.05, 3.63) is 98.9 Å². The van der Waals surface area contributed by atoms with Crippen molar-refractivity contribution in [1.82, 2.24) is 24.3 Å². The number of rotatable bonds is 13. The van der Waals surface area contributed by atoms with Crippen molar-refractivity contribution in [3.8, 4) is 0 Å². The number of hydrogen-bond donors (Lipinski definition) is 2. The molecule has 3 saturated heterocycles. The molecule has 4 aromatic rings. The van der Waals surface area contributed by atoms with Gasteiger partial charge in [0.05, 0.1) is 16.4 Å². The molecule has 1 aromatic heterocycles. The lowest BCUT2D eigenvalue weighted by Crippen LogP contribution is -2.57. The normalized spacial score (nSPS) is 22.5. The predicted molar refractivity (Wildman–Crippen MR) is 240 cm³/mol. The highest BCUT2D eigenvalue weighted by atomic mass is 35.5. The van der Waals surface area contributed by atoms with E-state index in [1.807, 2.05) is 55.1 Å². The molecule has 3 aromatic carbocycles. The molecule has 4 atom stereocenters. The number of aryl methyl sites for hydroxylation is 1. The van der Waals surface area contributed by atoms with E-state index < -0.39 is 17.4 Å². The predicted octanol–water partition coefficient (Wildman–Crippen LogP) is 7.87. The number of amides is 4. The highest BCUT2D eigenvalue weighted by Crippen LogP contribution is 2.44. The van der Waals surface area contributed by atoms with Gasteiger partial charge in [-0.05, 0) is 109 Å². The molecule has 3 unspecified atom stereocenters. The molecule has 0 bridgehead atoms. The number of imide groups is 1. The molecule has 2 N–H and O–H groups in total. The van der Waals surface area contributed by atoms with Crippen LogP contribution in [0.4, 0.5) is 5.69 Å². The van der Waals surface area contributed by atoms with Crippen LogP contribution in [-0.4, -0.2) is 79.2 Å². The standard InChI is InChI=1S/C47H59ClN6O5S/c1-29(2)41(28-60-30(3)4)53-27-35(33-8-7-9-36(48)22-33)24-47(5,45(53)58)25-43(56)49-37-13-10-31(11-14-37)26-52-20-18-32(19-21-52)34-12-15-38-40(23-34)51(6)46(59)54(38)39-16-17-42(55)50-44(39)57/h7-15,22-23,29-30,32,35,39,41H,16-21,24-28H2,1-6H3,(H,49,56)(H,50,55,57)/t35?,39?,41-,47?/m1/s1. The van der Waals surface area contributed by atoms with Crippen molar-refractivity contribution in [2.75, 3.05) is 30.7 Å². The first-order valence-electron chi connectivity index (χ1n) is 21.4. The Hall–Kier alpha value is -4.39. The number of benzene rings is 3. The van der Waals surface area contributed by atoms with Gasteiger partial charge in [-0.15, -0.1) is 0 Å². The zero-order valence-corrected chi connectivity index (χ0v) is 37.3. The van der Waals surface area contributed by atoms with Crippen molar-refractivity contribution >= 4 is 63.7 Å². The average Bonchev–Trinajstić information content (AvgIpc) is 3.45. The number of aromatic nitrogens is 2. The first kappa shape index (κ1) is 43.7. The topological polar surface area (TPSA) is 126 Å². The largest absolute Gasteiger partial charge is 0.338 e. The van der Waals surface area contributed by atoms with E-state index in [1.54, 1.807) is 11.6 Å². The molecule has 320 valence electrons. The van der Waals surface area contributed by atoms with E-state index in [4.69, 9.17) is 11.6 Å². The van der Waals surface area contributed by atoms with Crippen molar-refractivity contribution in [2.45, 2.75) is 109 Å². The average molecular weight is 856 g/mol. The number of piperidine rings is 3.